The van der Waals surface area contributed by atoms with Crippen LogP contribution in [0, 0.1) is 0 Å². The first-order valence-corrected chi connectivity index (χ1v) is 6.00. The Hall–Kier alpha value is -0.600. The highest BCUT2D eigenvalue weighted by Gasteiger charge is 2.01. The van der Waals surface area contributed by atoms with Crippen molar-refractivity contribution < 1.29 is 18.6 Å². The molecule has 0 aromatic carbocycles. The lowest BCUT2D eigenvalue weighted by Crippen LogP contribution is -2.06. The van der Waals surface area contributed by atoms with E-state index in [9.17, 15) is 9.36 Å². The number of carbonyl (C=O) groups excluding carboxylic acids is 1. The second-order valence-electron chi connectivity index (χ2n) is 3.30. The lowest BCUT2D eigenvalue weighted by atomic mass is 10.2. The van der Waals surface area contributed by atoms with Crippen molar-refractivity contribution in [3.8, 4) is 0 Å². The molecule has 0 N–H and O–H groups in total. The monoisotopic (exact) mass is 234 g/mol. The molecule has 0 aromatic heterocycles. The van der Waals surface area contributed by atoms with Crippen LogP contribution in [0.3, 0.4) is 0 Å². The molecule has 0 aliphatic heterocycles. The van der Waals surface area contributed by atoms with Crippen LogP contribution in [-0.2, 0) is 18.6 Å². The Morgan fingerprint density at radius 2 is 1.80 bits per heavy atom. The van der Waals surface area contributed by atoms with Gasteiger partial charge < -0.3 is 9.26 Å². The fraction of sp³-hybridized carbons (Fsp3) is 0.700. The smallest absolute Gasteiger partial charge is 0.333 e. The first kappa shape index (κ1) is 14.4. The molecule has 0 aromatic rings. The van der Waals surface area contributed by atoms with Crippen LogP contribution in [0.25, 0.3) is 0 Å². The Bertz CT molecular complexity index is 215. The van der Waals surface area contributed by atoms with Crippen molar-refractivity contribution in [2.45, 2.75) is 32.6 Å². The van der Waals surface area contributed by atoms with Gasteiger partial charge in [0.05, 0.1) is 13.2 Å². The molecule has 0 amide bonds. The quantitative estimate of drug-likeness (QED) is 0.266. The highest BCUT2D eigenvalue weighted by Crippen LogP contribution is 2.04. The van der Waals surface area contributed by atoms with Gasteiger partial charge in [0.25, 0.3) is 0 Å². The average Bonchev–Trinajstić information content (AvgIpc) is 2.21. The number of carbonyl (C=O) groups is 1. The first-order valence-electron chi connectivity index (χ1n) is 5.06. The van der Waals surface area contributed by atoms with Crippen molar-refractivity contribution in [3.63, 3.8) is 0 Å². The number of hydrogen-bond acceptors (Lipinski definition) is 4. The summed E-state index contributed by atoms with van der Waals surface area (Å²) in [7, 11) is -1.07. The predicted octanol–water partition coefficient (Wildman–Crippen LogP) is 2.35. The van der Waals surface area contributed by atoms with E-state index < -0.39 is 8.69 Å². The molecule has 4 nitrogen and oxygen atoms in total. The van der Waals surface area contributed by atoms with Crippen molar-refractivity contribution >= 4 is 14.7 Å². The molecular weight excluding hydrogens is 215 g/mol. The molecule has 0 bridgehead atoms. The van der Waals surface area contributed by atoms with E-state index in [0.29, 0.717) is 18.8 Å². The van der Waals surface area contributed by atoms with E-state index >= 15 is 0 Å². The second-order valence-corrected chi connectivity index (χ2v) is 3.82. The zero-order valence-corrected chi connectivity index (χ0v) is 10.3. The van der Waals surface area contributed by atoms with Crippen LogP contribution in [0.1, 0.15) is 32.6 Å². The minimum Gasteiger partial charge on any atom is -0.462 e. The SMILES string of the molecule is C=C(C)C(=O)OCCCCCCO[PH2]=O. The minimum atomic E-state index is -1.07. The molecular formula is C10H19O4P. The fourth-order valence-corrected chi connectivity index (χ4v) is 1.24. The maximum Gasteiger partial charge on any atom is 0.333 e. The Morgan fingerprint density at radius 1 is 1.20 bits per heavy atom. The maximum atomic E-state index is 10.9. The van der Waals surface area contributed by atoms with E-state index in [-0.39, 0.29) is 5.97 Å². The Kier molecular flexibility index (Phi) is 9.54. The standard InChI is InChI=1S/C10H19O4P/c1-9(2)10(11)13-7-5-3-4-6-8-14-15-12/h1,3-8,15H2,2H3. The molecule has 1 unspecified atom stereocenters. The summed E-state index contributed by atoms with van der Waals surface area (Å²) in [6.45, 7) is 6.12. The van der Waals surface area contributed by atoms with Gasteiger partial charge in [-0.3, -0.25) is 4.57 Å². The lowest BCUT2D eigenvalue weighted by Gasteiger charge is -2.03. The summed E-state index contributed by atoms with van der Waals surface area (Å²) in [4.78, 5) is 10.9. The second kappa shape index (κ2) is 9.94. The lowest BCUT2D eigenvalue weighted by molar-refractivity contribution is -0.139. The zero-order chi connectivity index (χ0) is 11.5. The number of rotatable bonds is 9. The molecule has 5 heteroatoms. The molecule has 0 radical (unpaired) electrons. The largest absolute Gasteiger partial charge is 0.462 e. The van der Waals surface area contributed by atoms with Crippen LogP contribution < -0.4 is 0 Å². The Morgan fingerprint density at radius 3 is 2.33 bits per heavy atom. The Balaban J connectivity index is 3.14. The zero-order valence-electron chi connectivity index (χ0n) is 9.16. The van der Waals surface area contributed by atoms with Crippen LogP contribution >= 0.6 is 8.69 Å². The van der Waals surface area contributed by atoms with Crippen LogP contribution in [0.15, 0.2) is 12.2 Å². The van der Waals surface area contributed by atoms with Crippen LogP contribution in [0.5, 0.6) is 0 Å². The van der Waals surface area contributed by atoms with E-state index in [1.54, 1.807) is 6.92 Å². The van der Waals surface area contributed by atoms with E-state index in [2.05, 4.69) is 6.58 Å². The molecule has 0 aliphatic rings. The minimum absolute atomic E-state index is 0.326. The average molecular weight is 234 g/mol. The number of unbranched alkanes of at least 4 members (excludes halogenated alkanes) is 3. The normalized spacial score (nSPS) is 10.7. The number of hydrogen-bond donors (Lipinski definition) is 0. The predicted molar refractivity (Wildman–Crippen MR) is 60.6 cm³/mol. The topological polar surface area (TPSA) is 52.6 Å². The van der Waals surface area contributed by atoms with Crippen LogP contribution in [0.4, 0.5) is 0 Å². The molecule has 0 spiro atoms. The summed E-state index contributed by atoms with van der Waals surface area (Å²) < 4.78 is 19.7. The highest BCUT2D eigenvalue weighted by molar-refractivity contribution is 7.17. The van der Waals surface area contributed by atoms with E-state index in [1.807, 2.05) is 0 Å². The fourth-order valence-electron chi connectivity index (χ4n) is 0.977. The van der Waals surface area contributed by atoms with Gasteiger partial charge in [-0.25, -0.2) is 4.79 Å². The van der Waals surface area contributed by atoms with Gasteiger partial charge in [0.2, 0.25) is 0 Å². The summed E-state index contributed by atoms with van der Waals surface area (Å²) in [6.07, 6.45) is 3.75. The third-order valence-electron chi connectivity index (χ3n) is 1.81. The summed E-state index contributed by atoms with van der Waals surface area (Å²) in [5, 5.41) is 0. The summed E-state index contributed by atoms with van der Waals surface area (Å²) in [5.74, 6) is -0.326. The molecule has 0 saturated heterocycles. The highest BCUT2D eigenvalue weighted by atomic mass is 31.1. The maximum absolute atomic E-state index is 10.9. The molecule has 15 heavy (non-hydrogen) atoms. The van der Waals surface area contributed by atoms with Gasteiger partial charge in [-0.15, -0.1) is 0 Å². The molecule has 0 saturated carbocycles. The molecule has 1 atom stereocenters. The van der Waals surface area contributed by atoms with Crippen molar-refractivity contribution in [1.29, 1.82) is 0 Å². The van der Waals surface area contributed by atoms with Gasteiger partial charge in [0.15, 0.2) is 8.69 Å². The van der Waals surface area contributed by atoms with Gasteiger partial charge in [-0.2, -0.15) is 0 Å². The van der Waals surface area contributed by atoms with E-state index in [4.69, 9.17) is 9.26 Å². The van der Waals surface area contributed by atoms with Crippen LogP contribution in [0.2, 0.25) is 0 Å². The summed E-state index contributed by atoms with van der Waals surface area (Å²) >= 11 is 0. The number of esters is 1. The summed E-state index contributed by atoms with van der Waals surface area (Å²) in [6, 6.07) is 0. The van der Waals surface area contributed by atoms with Gasteiger partial charge in [0.1, 0.15) is 0 Å². The molecule has 0 heterocycles. The van der Waals surface area contributed by atoms with Crippen molar-refractivity contribution in [1.82, 2.24) is 0 Å². The number of ether oxygens (including phenoxy) is 1. The van der Waals surface area contributed by atoms with Gasteiger partial charge in [0, 0.05) is 5.57 Å². The first-order chi connectivity index (χ1) is 7.18. The van der Waals surface area contributed by atoms with E-state index in [0.717, 1.165) is 25.7 Å². The van der Waals surface area contributed by atoms with Crippen molar-refractivity contribution in [3.05, 3.63) is 12.2 Å². The molecule has 0 aliphatic carbocycles. The summed E-state index contributed by atoms with van der Waals surface area (Å²) in [5.41, 5.74) is 0.432. The third-order valence-corrected chi connectivity index (χ3v) is 2.18. The van der Waals surface area contributed by atoms with Crippen LogP contribution in [-0.4, -0.2) is 19.2 Å². The van der Waals surface area contributed by atoms with Crippen molar-refractivity contribution in [2.24, 2.45) is 0 Å². The van der Waals surface area contributed by atoms with Gasteiger partial charge in [-0.05, 0) is 26.2 Å². The molecule has 0 rings (SSSR count). The van der Waals surface area contributed by atoms with Gasteiger partial charge in [-0.1, -0.05) is 13.0 Å². The Labute approximate surface area is 91.9 Å². The molecule has 88 valence electrons. The van der Waals surface area contributed by atoms with Gasteiger partial charge >= 0.3 is 5.97 Å². The van der Waals surface area contributed by atoms with E-state index in [1.165, 1.54) is 0 Å². The molecule has 0 fully saturated rings. The third kappa shape index (κ3) is 9.70. The van der Waals surface area contributed by atoms with Crippen molar-refractivity contribution in [2.75, 3.05) is 13.2 Å².